The van der Waals surface area contributed by atoms with Crippen LogP contribution < -0.4 is 14.2 Å². The molecule has 5 heteroatoms. The van der Waals surface area contributed by atoms with E-state index < -0.39 is 0 Å². The summed E-state index contributed by atoms with van der Waals surface area (Å²) in [6, 6.07) is 12.3. The number of rotatable bonds is 5. The van der Waals surface area contributed by atoms with Crippen LogP contribution >= 0.6 is 0 Å². The van der Waals surface area contributed by atoms with Crippen LogP contribution in [0, 0.1) is 0 Å². The van der Waals surface area contributed by atoms with Gasteiger partial charge in [0.1, 0.15) is 5.75 Å². The highest BCUT2D eigenvalue weighted by Crippen LogP contribution is 2.43. The third-order valence-corrected chi connectivity index (χ3v) is 3.59. The molecule has 0 saturated heterocycles. The van der Waals surface area contributed by atoms with E-state index in [4.69, 9.17) is 18.6 Å². The number of furan rings is 1. The molecule has 0 amide bonds. The van der Waals surface area contributed by atoms with Crippen LogP contribution in [0.1, 0.15) is 16.1 Å². The summed E-state index contributed by atoms with van der Waals surface area (Å²) in [5.41, 5.74) is 0.972. The van der Waals surface area contributed by atoms with Gasteiger partial charge in [0.2, 0.25) is 11.5 Å². The van der Waals surface area contributed by atoms with E-state index in [0.29, 0.717) is 33.8 Å². The van der Waals surface area contributed by atoms with E-state index in [-0.39, 0.29) is 11.5 Å². The molecule has 23 heavy (non-hydrogen) atoms. The van der Waals surface area contributed by atoms with Crippen molar-refractivity contribution in [2.24, 2.45) is 0 Å². The third-order valence-electron chi connectivity index (χ3n) is 3.59. The first-order chi connectivity index (χ1) is 11.2. The molecule has 0 unspecified atom stereocenters. The van der Waals surface area contributed by atoms with Crippen LogP contribution in [0.5, 0.6) is 17.2 Å². The van der Waals surface area contributed by atoms with Crippen LogP contribution in [-0.2, 0) is 0 Å². The second-order valence-corrected chi connectivity index (χ2v) is 4.86. The molecule has 118 valence electrons. The number of benzene rings is 2. The first-order valence-corrected chi connectivity index (χ1v) is 7.01. The molecule has 1 heterocycles. The Balaban J connectivity index is 2.20. The van der Waals surface area contributed by atoms with Gasteiger partial charge in [0.25, 0.3) is 0 Å². The summed E-state index contributed by atoms with van der Waals surface area (Å²) in [4.78, 5) is 12.6. The number of carbonyl (C=O) groups is 1. The van der Waals surface area contributed by atoms with E-state index >= 15 is 0 Å². The van der Waals surface area contributed by atoms with E-state index in [0.717, 1.165) is 0 Å². The SMILES string of the molecule is COc1cc(OC)c2cc(C(=O)c3ccccc3)oc2c1OC. The zero-order chi connectivity index (χ0) is 16.4. The van der Waals surface area contributed by atoms with Crippen molar-refractivity contribution in [1.82, 2.24) is 0 Å². The average Bonchev–Trinajstić information content (AvgIpc) is 3.05. The van der Waals surface area contributed by atoms with Crippen LogP contribution in [0.2, 0.25) is 0 Å². The summed E-state index contributed by atoms with van der Waals surface area (Å²) in [5.74, 6) is 1.47. The molecule has 0 fully saturated rings. The van der Waals surface area contributed by atoms with Crippen LogP contribution in [0.4, 0.5) is 0 Å². The quantitative estimate of drug-likeness (QED) is 0.672. The maximum Gasteiger partial charge on any atom is 0.228 e. The fraction of sp³-hybridized carbons (Fsp3) is 0.167. The molecule has 1 aromatic heterocycles. The molecule has 0 aliphatic carbocycles. The lowest BCUT2D eigenvalue weighted by Gasteiger charge is -2.10. The number of hydrogen-bond donors (Lipinski definition) is 0. The summed E-state index contributed by atoms with van der Waals surface area (Å²) in [5, 5.41) is 0.657. The lowest BCUT2D eigenvalue weighted by Crippen LogP contribution is -1.98. The topological polar surface area (TPSA) is 57.9 Å². The fourth-order valence-corrected chi connectivity index (χ4v) is 2.47. The molecule has 2 aromatic carbocycles. The van der Waals surface area contributed by atoms with E-state index in [1.54, 1.807) is 43.5 Å². The maximum absolute atomic E-state index is 12.6. The minimum atomic E-state index is -0.204. The van der Waals surface area contributed by atoms with Gasteiger partial charge in [-0.2, -0.15) is 0 Å². The van der Waals surface area contributed by atoms with E-state index in [1.165, 1.54) is 14.2 Å². The molecular weight excluding hydrogens is 296 g/mol. The Bertz CT molecular complexity index is 849. The summed E-state index contributed by atoms with van der Waals surface area (Å²) < 4.78 is 21.8. The molecule has 0 aliphatic rings. The van der Waals surface area contributed by atoms with Crippen molar-refractivity contribution in [1.29, 1.82) is 0 Å². The number of methoxy groups -OCH3 is 3. The molecule has 0 aliphatic heterocycles. The molecule has 0 atom stereocenters. The highest BCUT2D eigenvalue weighted by Gasteiger charge is 2.22. The number of ether oxygens (including phenoxy) is 3. The zero-order valence-electron chi connectivity index (χ0n) is 13.1. The van der Waals surface area contributed by atoms with Gasteiger partial charge in [-0.05, 0) is 6.07 Å². The van der Waals surface area contributed by atoms with Gasteiger partial charge in [-0.3, -0.25) is 4.79 Å². The smallest absolute Gasteiger partial charge is 0.228 e. The van der Waals surface area contributed by atoms with Crippen molar-refractivity contribution in [3.8, 4) is 17.2 Å². The molecule has 0 radical (unpaired) electrons. The van der Waals surface area contributed by atoms with Gasteiger partial charge in [-0.15, -0.1) is 0 Å². The van der Waals surface area contributed by atoms with Crippen molar-refractivity contribution < 1.29 is 23.4 Å². The van der Waals surface area contributed by atoms with E-state index in [1.807, 2.05) is 6.07 Å². The number of ketones is 1. The fourth-order valence-electron chi connectivity index (χ4n) is 2.47. The molecule has 0 saturated carbocycles. The highest BCUT2D eigenvalue weighted by molar-refractivity contribution is 6.10. The minimum absolute atomic E-state index is 0.204. The van der Waals surface area contributed by atoms with Gasteiger partial charge in [0, 0.05) is 11.6 Å². The Labute approximate surface area is 133 Å². The maximum atomic E-state index is 12.6. The Morgan fingerprint density at radius 3 is 2.22 bits per heavy atom. The summed E-state index contributed by atoms with van der Waals surface area (Å²) in [7, 11) is 4.60. The highest BCUT2D eigenvalue weighted by atomic mass is 16.5. The standard InChI is InChI=1S/C18H16O5/c1-20-13-10-15(21-2)18(22-3)17-12(13)9-14(23-17)16(19)11-7-5-4-6-8-11/h4-10H,1-3H3. The third kappa shape index (κ3) is 2.50. The first kappa shape index (κ1) is 15.0. The van der Waals surface area contributed by atoms with Crippen LogP contribution in [-0.4, -0.2) is 27.1 Å². The van der Waals surface area contributed by atoms with E-state index in [9.17, 15) is 4.79 Å². The predicted molar refractivity (Wildman–Crippen MR) is 85.7 cm³/mol. The number of fused-ring (bicyclic) bond motifs is 1. The van der Waals surface area contributed by atoms with Crippen molar-refractivity contribution in [2.75, 3.05) is 21.3 Å². The van der Waals surface area contributed by atoms with Crippen LogP contribution in [0.15, 0.2) is 46.9 Å². The van der Waals surface area contributed by atoms with Gasteiger partial charge in [0.05, 0.1) is 26.7 Å². The molecule has 0 spiro atoms. The Hall–Kier alpha value is -2.95. The Kier molecular flexibility index (Phi) is 3.93. The molecular formula is C18H16O5. The summed E-state index contributed by atoms with van der Waals surface area (Å²) in [6.07, 6.45) is 0. The zero-order valence-corrected chi connectivity index (χ0v) is 13.1. The molecule has 3 rings (SSSR count). The van der Waals surface area contributed by atoms with Crippen LogP contribution in [0.3, 0.4) is 0 Å². The second-order valence-electron chi connectivity index (χ2n) is 4.86. The molecule has 0 N–H and O–H groups in total. The normalized spacial score (nSPS) is 10.6. The molecule has 0 bridgehead atoms. The predicted octanol–water partition coefficient (Wildman–Crippen LogP) is 3.69. The molecule has 5 nitrogen and oxygen atoms in total. The minimum Gasteiger partial charge on any atom is -0.496 e. The summed E-state index contributed by atoms with van der Waals surface area (Å²) >= 11 is 0. The van der Waals surface area contributed by atoms with Crippen molar-refractivity contribution >= 4 is 16.8 Å². The van der Waals surface area contributed by atoms with Crippen molar-refractivity contribution in [2.45, 2.75) is 0 Å². The van der Waals surface area contributed by atoms with Gasteiger partial charge < -0.3 is 18.6 Å². The summed E-state index contributed by atoms with van der Waals surface area (Å²) in [6.45, 7) is 0. The lowest BCUT2D eigenvalue weighted by molar-refractivity contribution is 0.101. The van der Waals surface area contributed by atoms with Crippen LogP contribution in [0.25, 0.3) is 11.0 Å². The van der Waals surface area contributed by atoms with Crippen molar-refractivity contribution in [3.63, 3.8) is 0 Å². The van der Waals surface area contributed by atoms with Gasteiger partial charge in [-0.1, -0.05) is 30.3 Å². The molecule has 3 aromatic rings. The van der Waals surface area contributed by atoms with Gasteiger partial charge in [-0.25, -0.2) is 0 Å². The van der Waals surface area contributed by atoms with Gasteiger partial charge in [0.15, 0.2) is 17.1 Å². The van der Waals surface area contributed by atoms with Gasteiger partial charge >= 0.3 is 0 Å². The Morgan fingerprint density at radius 2 is 1.61 bits per heavy atom. The van der Waals surface area contributed by atoms with Crippen molar-refractivity contribution in [3.05, 3.63) is 53.8 Å². The monoisotopic (exact) mass is 312 g/mol. The number of hydrogen-bond acceptors (Lipinski definition) is 5. The average molecular weight is 312 g/mol. The second kappa shape index (κ2) is 6.04. The number of carbonyl (C=O) groups excluding carboxylic acids is 1. The lowest BCUT2D eigenvalue weighted by atomic mass is 10.1. The Morgan fingerprint density at radius 1 is 0.913 bits per heavy atom. The first-order valence-electron chi connectivity index (χ1n) is 7.01. The van der Waals surface area contributed by atoms with E-state index in [2.05, 4.69) is 0 Å². The largest absolute Gasteiger partial charge is 0.496 e.